The van der Waals surface area contributed by atoms with Gasteiger partial charge in [0.15, 0.2) is 0 Å². The summed E-state index contributed by atoms with van der Waals surface area (Å²) in [6.45, 7) is 3.74. The molecule has 3 rings (SSSR count). The van der Waals surface area contributed by atoms with Crippen molar-refractivity contribution in [2.75, 3.05) is 0 Å². The van der Waals surface area contributed by atoms with Crippen LogP contribution in [0.3, 0.4) is 0 Å². The third-order valence-electron chi connectivity index (χ3n) is 4.11. The number of benzene rings is 2. The third-order valence-corrected chi connectivity index (χ3v) is 5.00. The lowest BCUT2D eigenvalue weighted by atomic mass is 10.1. The predicted octanol–water partition coefficient (Wildman–Crippen LogP) is 4.55. The molecule has 1 atom stereocenters. The molecule has 1 N–H and O–H groups in total. The van der Waals surface area contributed by atoms with E-state index in [1.807, 2.05) is 36.4 Å². The van der Waals surface area contributed by atoms with E-state index < -0.39 is 0 Å². The molecule has 0 aliphatic rings. The van der Waals surface area contributed by atoms with E-state index in [2.05, 4.69) is 10.4 Å². The van der Waals surface area contributed by atoms with E-state index in [-0.39, 0.29) is 23.6 Å². The summed E-state index contributed by atoms with van der Waals surface area (Å²) in [5.74, 6) is -0.973. The van der Waals surface area contributed by atoms with Crippen LogP contribution in [-0.4, -0.2) is 15.7 Å². The van der Waals surface area contributed by atoms with E-state index >= 15 is 0 Å². The molecule has 0 aliphatic carbocycles. The fourth-order valence-electron chi connectivity index (χ4n) is 2.72. The Hall–Kier alpha value is -2.29. The van der Waals surface area contributed by atoms with Gasteiger partial charge in [-0.15, -0.1) is 0 Å². The van der Waals surface area contributed by atoms with Crippen LogP contribution in [0.5, 0.6) is 0 Å². The van der Waals surface area contributed by atoms with E-state index in [0.29, 0.717) is 9.13 Å². The maximum Gasteiger partial charge on any atom is 0.252 e. The van der Waals surface area contributed by atoms with Crippen molar-refractivity contribution in [2.45, 2.75) is 19.9 Å². The fourth-order valence-corrected chi connectivity index (χ4v) is 3.44. The summed E-state index contributed by atoms with van der Waals surface area (Å²) >= 11 is 1.94. The number of hydrogen-bond acceptors (Lipinski definition) is 2. The first-order valence-corrected chi connectivity index (χ1v) is 9.01. The molecule has 0 fully saturated rings. The Morgan fingerprint density at radius 2 is 1.81 bits per heavy atom. The Balaban J connectivity index is 1.81. The van der Waals surface area contributed by atoms with Crippen LogP contribution in [0.1, 0.15) is 34.6 Å². The minimum Gasteiger partial charge on any atom is -0.345 e. The SMILES string of the molecule is Cc1c(C(C)NC(=O)c2ccc(F)cc2I)cnn1-c1ccc(F)cc1. The van der Waals surface area contributed by atoms with Gasteiger partial charge in [-0.25, -0.2) is 13.5 Å². The second-order valence-electron chi connectivity index (χ2n) is 5.89. The van der Waals surface area contributed by atoms with Gasteiger partial charge in [0.05, 0.1) is 23.5 Å². The molecule has 1 heterocycles. The van der Waals surface area contributed by atoms with Crippen molar-refractivity contribution in [3.63, 3.8) is 0 Å². The number of carbonyl (C=O) groups is 1. The minimum absolute atomic E-state index is 0.282. The summed E-state index contributed by atoms with van der Waals surface area (Å²) in [6.07, 6.45) is 1.68. The van der Waals surface area contributed by atoms with Crippen LogP contribution in [0.4, 0.5) is 8.78 Å². The highest BCUT2D eigenvalue weighted by Gasteiger charge is 2.18. The summed E-state index contributed by atoms with van der Waals surface area (Å²) in [6, 6.07) is 9.78. The van der Waals surface area contributed by atoms with Crippen LogP contribution in [-0.2, 0) is 0 Å². The van der Waals surface area contributed by atoms with Gasteiger partial charge in [-0.1, -0.05) is 0 Å². The van der Waals surface area contributed by atoms with E-state index in [4.69, 9.17) is 0 Å². The molecule has 1 aromatic heterocycles. The van der Waals surface area contributed by atoms with Crippen LogP contribution in [0.15, 0.2) is 48.7 Å². The molecule has 1 amide bonds. The van der Waals surface area contributed by atoms with E-state index in [0.717, 1.165) is 16.9 Å². The second kappa shape index (κ2) is 7.53. The Morgan fingerprint density at radius 3 is 2.46 bits per heavy atom. The summed E-state index contributed by atoms with van der Waals surface area (Å²) < 4.78 is 28.5. The molecular weight excluding hydrogens is 451 g/mol. The summed E-state index contributed by atoms with van der Waals surface area (Å²) in [7, 11) is 0. The molecule has 3 aromatic rings. The molecular formula is C19H16F2IN3O. The largest absolute Gasteiger partial charge is 0.345 e. The highest BCUT2D eigenvalue weighted by Crippen LogP contribution is 2.21. The maximum absolute atomic E-state index is 13.2. The first-order chi connectivity index (χ1) is 12.4. The normalized spacial score (nSPS) is 12.0. The highest BCUT2D eigenvalue weighted by molar-refractivity contribution is 14.1. The topological polar surface area (TPSA) is 46.9 Å². The zero-order valence-electron chi connectivity index (χ0n) is 14.1. The van der Waals surface area contributed by atoms with Gasteiger partial charge >= 0.3 is 0 Å². The van der Waals surface area contributed by atoms with Crippen molar-refractivity contribution in [3.8, 4) is 5.69 Å². The van der Waals surface area contributed by atoms with E-state index in [1.165, 1.54) is 30.3 Å². The highest BCUT2D eigenvalue weighted by atomic mass is 127. The van der Waals surface area contributed by atoms with Gasteiger partial charge in [0.2, 0.25) is 0 Å². The van der Waals surface area contributed by atoms with Crippen molar-refractivity contribution >= 4 is 28.5 Å². The fraction of sp³-hybridized carbons (Fsp3) is 0.158. The van der Waals surface area contributed by atoms with Crippen molar-refractivity contribution in [1.29, 1.82) is 0 Å². The van der Waals surface area contributed by atoms with Crippen molar-refractivity contribution in [1.82, 2.24) is 15.1 Å². The van der Waals surface area contributed by atoms with Crippen molar-refractivity contribution < 1.29 is 13.6 Å². The van der Waals surface area contributed by atoms with Gasteiger partial charge in [0, 0.05) is 14.8 Å². The molecule has 26 heavy (non-hydrogen) atoms. The first-order valence-electron chi connectivity index (χ1n) is 7.93. The van der Waals surface area contributed by atoms with Gasteiger partial charge in [-0.3, -0.25) is 4.79 Å². The Morgan fingerprint density at radius 1 is 1.15 bits per heavy atom. The van der Waals surface area contributed by atoms with Gasteiger partial charge in [0.25, 0.3) is 5.91 Å². The van der Waals surface area contributed by atoms with Crippen molar-refractivity contribution in [2.24, 2.45) is 0 Å². The molecule has 7 heteroatoms. The molecule has 0 aliphatic heterocycles. The molecule has 0 bridgehead atoms. The van der Waals surface area contributed by atoms with Gasteiger partial charge in [0.1, 0.15) is 11.6 Å². The molecule has 0 saturated heterocycles. The first kappa shape index (κ1) is 18.5. The number of rotatable bonds is 4. The molecule has 0 saturated carbocycles. The third kappa shape index (κ3) is 3.77. The van der Waals surface area contributed by atoms with Crippen LogP contribution in [0, 0.1) is 22.1 Å². The Labute approximate surface area is 163 Å². The summed E-state index contributed by atoms with van der Waals surface area (Å²) in [4.78, 5) is 12.5. The molecule has 2 aromatic carbocycles. The summed E-state index contributed by atoms with van der Waals surface area (Å²) in [5.41, 5.74) is 2.85. The minimum atomic E-state index is -0.379. The number of nitrogens with one attached hydrogen (secondary N) is 1. The molecule has 1 unspecified atom stereocenters. The molecule has 0 spiro atoms. The molecule has 4 nitrogen and oxygen atoms in total. The average Bonchev–Trinajstić information content (AvgIpc) is 2.97. The smallest absolute Gasteiger partial charge is 0.252 e. The average molecular weight is 467 g/mol. The van der Waals surface area contributed by atoms with Crippen LogP contribution < -0.4 is 5.32 Å². The number of aromatic nitrogens is 2. The Kier molecular flexibility index (Phi) is 5.36. The zero-order chi connectivity index (χ0) is 18.8. The van der Waals surface area contributed by atoms with Gasteiger partial charge in [-0.2, -0.15) is 5.10 Å². The quantitative estimate of drug-likeness (QED) is 0.573. The zero-order valence-corrected chi connectivity index (χ0v) is 16.3. The second-order valence-corrected chi connectivity index (χ2v) is 7.06. The predicted molar refractivity (Wildman–Crippen MR) is 103 cm³/mol. The maximum atomic E-state index is 13.2. The lowest BCUT2D eigenvalue weighted by molar-refractivity contribution is 0.0939. The monoisotopic (exact) mass is 467 g/mol. The van der Waals surface area contributed by atoms with Crippen LogP contribution in [0.25, 0.3) is 5.69 Å². The Bertz CT molecular complexity index is 954. The lowest BCUT2D eigenvalue weighted by Crippen LogP contribution is -2.27. The lowest BCUT2D eigenvalue weighted by Gasteiger charge is -2.15. The number of nitrogens with zero attached hydrogens (tertiary/aromatic N) is 2. The van der Waals surface area contributed by atoms with E-state index in [9.17, 15) is 13.6 Å². The number of halogens is 3. The summed E-state index contributed by atoms with van der Waals surface area (Å²) in [5, 5.41) is 7.25. The molecule has 0 radical (unpaired) electrons. The number of amides is 1. The number of hydrogen-bond donors (Lipinski definition) is 1. The standard InChI is InChI=1S/C19H16F2IN3O/c1-11(24-19(26)16-8-5-14(21)9-18(16)22)17-10-23-25(12(17)2)15-6-3-13(20)4-7-15/h3-11H,1-2H3,(H,24,26). The van der Waals surface area contributed by atoms with Crippen LogP contribution >= 0.6 is 22.6 Å². The van der Waals surface area contributed by atoms with Crippen molar-refractivity contribution in [3.05, 3.63) is 80.7 Å². The molecule has 134 valence electrons. The van der Waals surface area contributed by atoms with E-state index in [1.54, 1.807) is 23.0 Å². The number of carbonyl (C=O) groups excluding carboxylic acids is 1. The van der Waals surface area contributed by atoms with Crippen LogP contribution in [0.2, 0.25) is 0 Å². The van der Waals surface area contributed by atoms with Gasteiger partial charge < -0.3 is 5.32 Å². The van der Waals surface area contributed by atoms with Gasteiger partial charge in [-0.05, 0) is 78.9 Å².